The van der Waals surface area contributed by atoms with Crippen LogP contribution in [0.3, 0.4) is 0 Å². The van der Waals surface area contributed by atoms with Crippen LogP contribution in [0.15, 0.2) is 12.1 Å². The Balaban J connectivity index is 2.53. The topological polar surface area (TPSA) is 87.9 Å². The molecule has 1 rings (SSSR count). The molecule has 0 aromatic carbocycles. The summed E-state index contributed by atoms with van der Waals surface area (Å²) in [5, 5.41) is 18.9. The molecule has 0 saturated heterocycles. The van der Waals surface area contributed by atoms with E-state index >= 15 is 0 Å². The number of anilines is 1. The van der Waals surface area contributed by atoms with Crippen LogP contribution in [0.2, 0.25) is 0 Å². The van der Waals surface area contributed by atoms with E-state index < -0.39 is 0 Å². The Morgan fingerprint density at radius 3 is 2.88 bits per heavy atom. The molecule has 6 nitrogen and oxygen atoms in total. The summed E-state index contributed by atoms with van der Waals surface area (Å²) in [5.41, 5.74) is 0.256. The molecule has 0 saturated carbocycles. The molecule has 0 spiro atoms. The van der Waals surface area contributed by atoms with E-state index in [0.29, 0.717) is 5.82 Å². The van der Waals surface area contributed by atoms with Gasteiger partial charge in [-0.3, -0.25) is 4.79 Å². The number of esters is 1. The van der Waals surface area contributed by atoms with E-state index in [-0.39, 0.29) is 24.1 Å². The minimum absolute atomic E-state index is 0.102. The normalized spacial score (nSPS) is 11.3. The molecular formula is C10H12N4O2. The number of aromatic nitrogens is 2. The van der Waals surface area contributed by atoms with Gasteiger partial charge in [0.25, 0.3) is 0 Å². The zero-order valence-electron chi connectivity index (χ0n) is 9.10. The largest absolute Gasteiger partial charge is 0.469 e. The second-order valence-electron chi connectivity index (χ2n) is 3.24. The number of nitrogens with one attached hydrogen (secondary N) is 1. The third-order valence-corrected chi connectivity index (χ3v) is 1.87. The van der Waals surface area contributed by atoms with Crippen LogP contribution in [0, 0.1) is 11.3 Å². The van der Waals surface area contributed by atoms with Crippen molar-refractivity contribution in [3.8, 4) is 6.07 Å². The van der Waals surface area contributed by atoms with Gasteiger partial charge in [0.2, 0.25) is 0 Å². The second kappa shape index (κ2) is 5.66. The first kappa shape index (κ1) is 11.9. The number of rotatable bonds is 4. The SMILES string of the molecule is COC(=O)CC(C)Nc1ccc(C#N)nn1. The first-order chi connectivity index (χ1) is 7.65. The zero-order valence-corrected chi connectivity index (χ0v) is 9.10. The number of ether oxygens (including phenoxy) is 1. The van der Waals surface area contributed by atoms with Crippen LogP contribution in [0.5, 0.6) is 0 Å². The third kappa shape index (κ3) is 3.53. The van der Waals surface area contributed by atoms with E-state index in [1.807, 2.05) is 13.0 Å². The van der Waals surface area contributed by atoms with Gasteiger partial charge in [-0.15, -0.1) is 10.2 Å². The molecule has 0 aliphatic carbocycles. The van der Waals surface area contributed by atoms with Crippen molar-refractivity contribution < 1.29 is 9.53 Å². The number of carbonyl (C=O) groups is 1. The maximum atomic E-state index is 11.0. The summed E-state index contributed by atoms with van der Waals surface area (Å²) in [7, 11) is 1.34. The van der Waals surface area contributed by atoms with Crippen molar-refractivity contribution in [3.63, 3.8) is 0 Å². The Bertz CT molecular complexity index is 396. The van der Waals surface area contributed by atoms with Crippen molar-refractivity contribution in [3.05, 3.63) is 17.8 Å². The zero-order chi connectivity index (χ0) is 12.0. The van der Waals surface area contributed by atoms with Gasteiger partial charge in [-0.05, 0) is 19.1 Å². The lowest BCUT2D eigenvalue weighted by molar-refractivity contribution is -0.140. The first-order valence-corrected chi connectivity index (χ1v) is 4.73. The fraction of sp³-hybridized carbons (Fsp3) is 0.400. The van der Waals surface area contributed by atoms with E-state index in [9.17, 15) is 4.79 Å². The summed E-state index contributed by atoms with van der Waals surface area (Å²) in [5.74, 6) is 0.233. The summed E-state index contributed by atoms with van der Waals surface area (Å²) in [6.45, 7) is 1.83. The summed E-state index contributed by atoms with van der Waals surface area (Å²) in [4.78, 5) is 11.0. The molecular weight excluding hydrogens is 208 g/mol. The molecule has 1 N–H and O–H groups in total. The van der Waals surface area contributed by atoms with E-state index in [1.165, 1.54) is 7.11 Å². The van der Waals surface area contributed by atoms with Gasteiger partial charge >= 0.3 is 5.97 Å². The smallest absolute Gasteiger partial charge is 0.307 e. The highest BCUT2D eigenvalue weighted by molar-refractivity contribution is 5.70. The molecule has 0 bridgehead atoms. The van der Waals surface area contributed by atoms with E-state index in [4.69, 9.17) is 5.26 Å². The molecule has 16 heavy (non-hydrogen) atoms. The number of nitrogens with zero attached hydrogens (tertiary/aromatic N) is 3. The van der Waals surface area contributed by atoms with Crippen LogP contribution in [-0.4, -0.2) is 29.3 Å². The number of hydrogen-bond acceptors (Lipinski definition) is 6. The molecule has 0 aliphatic rings. The molecule has 0 aliphatic heterocycles. The van der Waals surface area contributed by atoms with Gasteiger partial charge in [0.15, 0.2) is 5.69 Å². The maximum absolute atomic E-state index is 11.0. The number of methoxy groups -OCH3 is 1. The fourth-order valence-electron chi connectivity index (χ4n) is 1.11. The van der Waals surface area contributed by atoms with Crippen LogP contribution >= 0.6 is 0 Å². The lowest BCUT2D eigenvalue weighted by atomic mass is 10.2. The number of hydrogen-bond donors (Lipinski definition) is 1. The summed E-state index contributed by atoms with van der Waals surface area (Å²) >= 11 is 0. The monoisotopic (exact) mass is 220 g/mol. The van der Waals surface area contributed by atoms with E-state index in [1.54, 1.807) is 12.1 Å². The van der Waals surface area contributed by atoms with Crippen molar-refractivity contribution in [2.45, 2.75) is 19.4 Å². The predicted octanol–water partition coefficient (Wildman–Crippen LogP) is 0.712. The molecule has 6 heteroatoms. The average molecular weight is 220 g/mol. The lowest BCUT2D eigenvalue weighted by Gasteiger charge is -2.12. The molecule has 1 aromatic heterocycles. The van der Waals surface area contributed by atoms with Gasteiger partial charge in [0.1, 0.15) is 11.9 Å². The molecule has 84 valence electrons. The Labute approximate surface area is 93.2 Å². The highest BCUT2D eigenvalue weighted by Crippen LogP contribution is 2.05. The standard InChI is InChI=1S/C10H12N4O2/c1-7(5-10(15)16-2)12-9-4-3-8(6-11)13-14-9/h3-4,7H,5H2,1-2H3,(H,12,14). The summed E-state index contributed by atoms with van der Waals surface area (Å²) in [6, 6.07) is 4.97. The Kier molecular flexibility index (Phi) is 4.21. The average Bonchev–Trinajstić information content (AvgIpc) is 2.29. The summed E-state index contributed by atoms with van der Waals surface area (Å²) < 4.78 is 4.54. The van der Waals surface area contributed by atoms with Gasteiger partial charge in [0, 0.05) is 6.04 Å². The van der Waals surface area contributed by atoms with E-state index in [2.05, 4.69) is 20.3 Å². The first-order valence-electron chi connectivity index (χ1n) is 4.73. The van der Waals surface area contributed by atoms with Crippen molar-refractivity contribution in [2.24, 2.45) is 0 Å². The third-order valence-electron chi connectivity index (χ3n) is 1.87. The maximum Gasteiger partial charge on any atom is 0.307 e. The van der Waals surface area contributed by atoms with Gasteiger partial charge in [-0.25, -0.2) is 0 Å². The molecule has 0 radical (unpaired) electrons. The van der Waals surface area contributed by atoms with Gasteiger partial charge in [-0.2, -0.15) is 5.26 Å². The molecule has 1 heterocycles. The minimum atomic E-state index is -0.290. The summed E-state index contributed by atoms with van der Waals surface area (Å²) in [6.07, 6.45) is 0.248. The lowest BCUT2D eigenvalue weighted by Crippen LogP contribution is -2.21. The molecule has 0 fully saturated rings. The van der Waals surface area contributed by atoms with Crippen LogP contribution in [-0.2, 0) is 9.53 Å². The van der Waals surface area contributed by atoms with Crippen LogP contribution in [0.4, 0.5) is 5.82 Å². The van der Waals surface area contributed by atoms with Crippen molar-refractivity contribution in [1.29, 1.82) is 5.26 Å². The highest BCUT2D eigenvalue weighted by atomic mass is 16.5. The van der Waals surface area contributed by atoms with Crippen molar-refractivity contribution in [1.82, 2.24) is 10.2 Å². The number of nitriles is 1. The van der Waals surface area contributed by atoms with Crippen molar-refractivity contribution in [2.75, 3.05) is 12.4 Å². The predicted molar refractivity (Wildman–Crippen MR) is 56.5 cm³/mol. The molecule has 1 unspecified atom stereocenters. The Morgan fingerprint density at radius 2 is 2.38 bits per heavy atom. The molecule has 0 amide bonds. The number of carbonyl (C=O) groups excluding carboxylic acids is 1. The second-order valence-corrected chi connectivity index (χ2v) is 3.24. The Hall–Kier alpha value is -2.16. The highest BCUT2D eigenvalue weighted by Gasteiger charge is 2.09. The molecule has 1 aromatic rings. The van der Waals surface area contributed by atoms with Crippen LogP contribution < -0.4 is 5.32 Å². The van der Waals surface area contributed by atoms with Crippen molar-refractivity contribution >= 4 is 11.8 Å². The van der Waals surface area contributed by atoms with Crippen LogP contribution in [0.1, 0.15) is 19.0 Å². The Morgan fingerprint density at radius 1 is 1.62 bits per heavy atom. The van der Waals surface area contributed by atoms with Crippen LogP contribution in [0.25, 0.3) is 0 Å². The van der Waals surface area contributed by atoms with Gasteiger partial charge in [0.05, 0.1) is 13.5 Å². The quantitative estimate of drug-likeness (QED) is 0.752. The molecule has 1 atom stereocenters. The van der Waals surface area contributed by atoms with Gasteiger partial charge in [-0.1, -0.05) is 0 Å². The minimum Gasteiger partial charge on any atom is -0.469 e. The van der Waals surface area contributed by atoms with Gasteiger partial charge < -0.3 is 10.1 Å². The fourth-order valence-corrected chi connectivity index (χ4v) is 1.11. The van der Waals surface area contributed by atoms with E-state index in [0.717, 1.165) is 0 Å².